The normalized spacial score (nSPS) is 20.0. The Balaban J connectivity index is 0.00000253. The highest BCUT2D eigenvalue weighted by Crippen LogP contribution is 2.52. The number of halogens is 2. The molecule has 0 atom stereocenters. The van der Waals surface area contributed by atoms with Gasteiger partial charge in [-0.05, 0) is 73.6 Å². The maximum atomic E-state index is 13.4. The molecular formula is C26H25F2N3O3. The first-order valence-corrected chi connectivity index (χ1v) is 11.3. The highest BCUT2D eigenvalue weighted by atomic mass is 19.3. The molecule has 34 heavy (non-hydrogen) atoms. The third kappa shape index (κ3) is 3.49. The van der Waals surface area contributed by atoms with Crippen LogP contribution in [0.3, 0.4) is 0 Å². The molecule has 3 N–H and O–H groups in total. The number of alkyl halides is 2. The molecule has 6 nitrogen and oxygen atoms in total. The number of anilines is 1. The highest BCUT2D eigenvalue weighted by Gasteiger charge is 2.53. The number of fused-ring (bicyclic) bond motifs is 1. The lowest BCUT2D eigenvalue weighted by atomic mass is 9.94. The number of aryl methyl sites for hydroxylation is 1. The van der Waals surface area contributed by atoms with Gasteiger partial charge >= 0.3 is 6.29 Å². The molecule has 0 radical (unpaired) electrons. The van der Waals surface area contributed by atoms with Crippen molar-refractivity contribution in [2.75, 3.05) is 5.32 Å². The van der Waals surface area contributed by atoms with Crippen LogP contribution < -0.4 is 20.5 Å². The zero-order chi connectivity index (χ0) is 23.7. The van der Waals surface area contributed by atoms with Crippen molar-refractivity contribution in [2.45, 2.75) is 49.9 Å². The van der Waals surface area contributed by atoms with Gasteiger partial charge in [-0.25, -0.2) is 4.98 Å². The smallest absolute Gasteiger partial charge is 0.395 e. The van der Waals surface area contributed by atoms with Crippen molar-refractivity contribution in [1.29, 1.82) is 0 Å². The number of nitrogens with one attached hydrogen (secondary N) is 1. The molecule has 2 heterocycles. The second-order valence-corrected chi connectivity index (χ2v) is 9.46. The van der Waals surface area contributed by atoms with Gasteiger partial charge in [-0.15, -0.1) is 8.78 Å². The minimum Gasteiger partial charge on any atom is -0.395 e. The van der Waals surface area contributed by atoms with Crippen molar-refractivity contribution in [2.24, 2.45) is 5.73 Å². The van der Waals surface area contributed by atoms with Crippen LogP contribution in [0.25, 0.3) is 11.3 Å². The van der Waals surface area contributed by atoms with Crippen LogP contribution in [0.2, 0.25) is 0 Å². The molecule has 2 aromatic carbocycles. The molecule has 2 saturated carbocycles. The number of carbonyl (C=O) groups excluding carboxylic acids is 1. The topological polar surface area (TPSA) is 86.5 Å². The summed E-state index contributed by atoms with van der Waals surface area (Å²) in [5, 5.41) is 2.93. The molecule has 1 amide bonds. The minimum atomic E-state index is -3.69. The van der Waals surface area contributed by atoms with Crippen LogP contribution in [0.1, 0.15) is 43.8 Å². The zero-order valence-corrected chi connectivity index (χ0v) is 18.5. The number of ether oxygens (including phenoxy) is 2. The highest BCUT2D eigenvalue weighted by molar-refractivity contribution is 6.01. The summed E-state index contributed by atoms with van der Waals surface area (Å²) < 4.78 is 35.8. The monoisotopic (exact) mass is 465 g/mol. The Morgan fingerprint density at radius 3 is 2.50 bits per heavy atom. The number of benzene rings is 2. The first kappa shape index (κ1) is 21.0. The number of nitrogens with two attached hydrogens (primary N) is 1. The van der Waals surface area contributed by atoms with Gasteiger partial charge < -0.3 is 20.5 Å². The number of pyridine rings is 1. The molecule has 2 fully saturated rings. The SMILES string of the molecule is Cc1ccc(NC(=O)C2(c3ccc4c(c3)OC(F)(F)O4)CC2)nc1-c1cccc(C2(N)CC2)c1.[HH]. The number of nitrogens with zero attached hydrogens (tertiary/aromatic N) is 1. The Hall–Kier alpha value is -3.52. The molecule has 0 spiro atoms. The van der Waals surface area contributed by atoms with Gasteiger partial charge in [-0.1, -0.05) is 30.3 Å². The Bertz CT molecular complexity index is 1340. The quantitative estimate of drug-likeness (QED) is 0.538. The molecule has 0 unspecified atom stereocenters. The fourth-order valence-electron chi connectivity index (χ4n) is 4.54. The van der Waals surface area contributed by atoms with E-state index in [2.05, 4.69) is 20.9 Å². The van der Waals surface area contributed by atoms with Gasteiger partial charge in [0.05, 0.1) is 11.1 Å². The molecule has 6 rings (SSSR count). The second-order valence-electron chi connectivity index (χ2n) is 9.46. The van der Waals surface area contributed by atoms with Crippen molar-refractivity contribution in [3.05, 3.63) is 71.3 Å². The lowest BCUT2D eigenvalue weighted by molar-refractivity contribution is -0.286. The fourth-order valence-corrected chi connectivity index (χ4v) is 4.54. The predicted octanol–water partition coefficient (Wildman–Crippen LogP) is 5.24. The Morgan fingerprint density at radius 2 is 1.76 bits per heavy atom. The second kappa shape index (κ2) is 6.99. The molecule has 3 aromatic rings. The summed E-state index contributed by atoms with van der Waals surface area (Å²) in [6, 6.07) is 16.3. The molecule has 3 aliphatic rings. The lowest BCUT2D eigenvalue weighted by Gasteiger charge is -2.17. The first-order chi connectivity index (χ1) is 16.2. The third-order valence-corrected chi connectivity index (χ3v) is 6.98. The Morgan fingerprint density at radius 1 is 1.00 bits per heavy atom. The van der Waals surface area contributed by atoms with Crippen LogP contribution in [0.4, 0.5) is 14.6 Å². The molecule has 2 aliphatic carbocycles. The maximum absolute atomic E-state index is 13.4. The molecule has 8 heteroatoms. The van der Waals surface area contributed by atoms with Gasteiger partial charge in [0.15, 0.2) is 11.5 Å². The van der Waals surface area contributed by atoms with E-state index in [4.69, 9.17) is 10.7 Å². The summed E-state index contributed by atoms with van der Waals surface area (Å²) in [5.74, 6) is 0.101. The molecular weight excluding hydrogens is 440 g/mol. The molecule has 176 valence electrons. The number of hydrogen-bond donors (Lipinski definition) is 2. The summed E-state index contributed by atoms with van der Waals surface area (Å²) in [7, 11) is 0. The van der Waals surface area contributed by atoms with Gasteiger partial charge in [0.1, 0.15) is 5.82 Å². The minimum absolute atomic E-state index is 0. The van der Waals surface area contributed by atoms with Crippen molar-refractivity contribution < 1.29 is 24.5 Å². The largest absolute Gasteiger partial charge is 0.586 e. The van der Waals surface area contributed by atoms with E-state index < -0.39 is 11.7 Å². The van der Waals surface area contributed by atoms with E-state index in [0.29, 0.717) is 24.2 Å². The predicted molar refractivity (Wildman–Crippen MR) is 124 cm³/mol. The van der Waals surface area contributed by atoms with Crippen molar-refractivity contribution in [1.82, 2.24) is 4.98 Å². The molecule has 1 aromatic heterocycles. The molecule has 0 bridgehead atoms. The summed E-state index contributed by atoms with van der Waals surface area (Å²) in [6.07, 6.45) is -0.540. The van der Waals surface area contributed by atoms with Crippen LogP contribution in [0.5, 0.6) is 11.5 Å². The van der Waals surface area contributed by atoms with Crippen LogP contribution >= 0.6 is 0 Å². The van der Waals surface area contributed by atoms with Gasteiger partial charge in [0.2, 0.25) is 5.91 Å². The zero-order valence-electron chi connectivity index (χ0n) is 18.5. The standard InChI is InChI=1S/C26H23F2N3O3.H2/c1-15-5-8-21(30-22(15)16-3-2-4-18(13-16)25(29)11-12-25)31-23(32)24(9-10-24)17-6-7-19-20(14-17)34-26(27,28)33-19;/h2-8,13-14H,9-12,29H2,1H3,(H,30,31,32);1H. The fraction of sp³-hybridized carbons (Fsp3) is 0.308. The van der Waals surface area contributed by atoms with Crippen molar-refractivity contribution >= 4 is 11.7 Å². The average Bonchev–Trinajstić information content (AvgIpc) is 3.72. The maximum Gasteiger partial charge on any atom is 0.586 e. The van der Waals surface area contributed by atoms with Crippen molar-refractivity contribution in [3.63, 3.8) is 0 Å². The van der Waals surface area contributed by atoms with E-state index in [9.17, 15) is 13.6 Å². The van der Waals surface area contributed by atoms with E-state index in [1.807, 2.05) is 31.2 Å². The van der Waals surface area contributed by atoms with Crippen LogP contribution in [-0.2, 0) is 15.7 Å². The molecule has 1 aliphatic heterocycles. The Kier molecular flexibility index (Phi) is 4.33. The van der Waals surface area contributed by atoms with E-state index in [0.717, 1.165) is 35.2 Å². The Labute approximate surface area is 196 Å². The lowest BCUT2D eigenvalue weighted by Crippen LogP contribution is -2.28. The number of amides is 1. The number of aromatic nitrogens is 1. The van der Waals surface area contributed by atoms with Crippen molar-refractivity contribution in [3.8, 4) is 22.8 Å². The van der Waals surface area contributed by atoms with Crippen LogP contribution in [0.15, 0.2) is 54.6 Å². The number of rotatable bonds is 5. The van der Waals surface area contributed by atoms with E-state index >= 15 is 0 Å². The van der Waals surface area contributed by atoms with E-state index in [1.165, 1.54) is 12.1 Å². The molecule has 0 saturated heterocycles. The first-order valence-electron chi connectivity index (χ1n) is 11.3. The van der Waals surface area contributed by atoms with E-state index in [1.54, 1.807) is 12.1 Å². The van der Waals surface area contributed by atoms with Gasteiger partial charge in [0, 0.05) is 12.5 Å². The van der Waals surface area contributed by atoms with Crippen LogP contribution in [-0.4, -0.2) is 17.2 Å². The van der Waals surface area contributed by atoms with Gasteiger partial charge in [0.25, 0.3) is 0 Å². The third-order valence-electron chi connectivity index (χ3n) is 6.98. The summed E-state index contributed by atoms with van der Waals surface area (Å²) >= 11 is 0. The summed E-state index contributed by atoms with van der Waals surface area (Å²) in [4.78, 5) is 18.0. The number of carbonyl (C=O) groups is 1. The van der Waals surface area contributed by atoms with Gasteiger partial charge in [-0.2, -0.15) is 0 Å². The summed E-state index contributed by atoms with van der Waals surface area (Å²) in [6.45, 7) is 1.97. The summed E-state index contributed by atoms with van der Waals surface area (Å²) in [5.41, 5.74) is 9.73. The van der Waals surface area contributed by atoms with Crippen LogP contribution in [0, 0.1) is 6.92 Å². The van der Waals surface area contributed by atoms with Gasteiger partial charge in [-0.3, -0.25) is 4.79 Å². The number of hydrogen-bond acceptors (Lipinski definition) is 5. The van der Waals surface area contributed by atoms with E-state index in [-0.39, 0.29) is 24.4 Å². The average molecular weight is 466 g/mol.